The largest absolute Gasteiger partial charge is 0.327 e. The van der Waals surface area contributed by atoms with Gasteiger partial charge in [-0.2, -0.15) is 0 Å². The fourth-order valence-electron chi connectivity index (χ4n) is 3.18. The van der Waals surface area contributed by atoms with Crippen LogP contribution in [-0.2, 0) is 0 Å². The first-order chi connectivity index (χ1) is 8.16. The van der Waals surface area contributed by atoms with Crippen molar-refractivity contribution in [2.45, 2.75) is 31.8 Å². The summed E-state index contributed by atoms with van der Waals surface area (Å²) >= 11 is 0. The Morgan fingerprint density at radius 2 is 2.00 bits per heavy atom. The molecule has 3 N–H and O–H groups in total. The minimum Gasteiger partial charge on any atom is -0.327 e. The van der Waals surface area contributed by atoms with Crippen LogP contribution in [0.5, 0.6) is 0 Å². The van der Waals surface area contributed by atoms with E-state index in [1.807, 2.05) is 0 Å². The highest BCUT2D eigenvalue weighted by molar-refractivity contribution is 4.85. The predicted octanol–water partition coefficient (Wildman–Crippen LogP) is -0.0508. The van der Waals surface area contributed by atoms with Gasteiger partial charge in [-0.3, -0.25) is 4.90 Å². The zero-order valence-corrected chi connectivity index (χ0v) is 11.4. The van der Waals surface area contributed by atoms with Crippen LogP contribution >= 0.6 is 0 Å². The van der Waals surface area contributed by atoms with Crippen molar-refractivity contribution in [1.82, 2.24) is 15.1 Å². The number of likely N-dealkylation sites (tertiary alicyclic amines) is 1. The quantitative estimate of drug-likeness (QED) is 0.723. The summed E-state index contributed by atoms with van der Waals surface area (Å²) in [6.07, 6.45) is 2.43. The number of piperazine rings is 1. The van der Waals surface area contributed by atoms with E-state index in [9.17, 15) is 0 Å². The molecule has 2 rings (SSSR count). The van der Waals surface area contributed by atoms with E-state index in [-0.39, 0.29) is 0 Å². The third-order valence-corrected chi connectivity index (χ3v) is 4.42. The summed E-state index contributed by atoms with van der Waals surface area (Å²) in [6, 6.07) is 1.02. The number of hydrogen-bond acceptors (Lipinski definition) is 4. The lowest BCUT2D eigenvalue weighted by molar-refractivity contribution is 0.162. The first kappa shape index (κ1) is 13.3. The Labute approximate surface area is 106 Å². The highest BCUT2D eigenvalue weighted by Crippen LogP contribution is 2.21. The average molecular weight is 240 g/mol. The molecule has 2 aliphatic heterocycles. The summed E-state index contributed by atoms with van der Waals surface area (Å²) in [7, 11) is 2.20. The standard InChI is InChI=1S/C13H28N4/c1-11(17-7-4-15-5-8-17)9-13(14)12-3-6-16(2)10-12/h11-13,15H,3-10,14H2,1-2H3. The van der Waals surface area contributed by atoms with E-state index < -0.39 is 0 Å². The predicted molar refractivity (Wildman–Crippen MR) is 72.1 cm³/mol. The van der Waals surface area contributed by atoms with Gasteiger partial charge >= 0.3 is 0 Å². The SMILES string of the molecule is CC(CC(N)C1CCN(C)C1)N1CCNCC1. The molecule has 3 atom stereocenters. The second kappa shape index (κ2) is 6.14. The van der Waals surface area contributed by atoms with Crippen LogP contribution in [0, 0.1) is 5.92 Å². The maximum Gasteiger partial charge on any atom is 0.0110 e. The third kappa shape index (κ3) is 3.65. The first-order valence-electron chi connectivity index (χ1n) is 7.05. The molecule has 0 amide bonds. The zero-order chi connectivity index (χ0) is 12.3. The van der Waals surface area contributed by atoms with Crippen molar-refractivity contribution in [2.75, 3.05) is 46.3 Å². The number of hydrogen-bond donors (Lipinski definition) is 2. The van der Waals surface area contributed by atoms with Gasteiger partial charge in [0.1, 0.15) is 0 Å². The first-order valence-corrected chi connectivity index (χ1v) is 7.05. The third-order valence-electron chi connectivity index (χ3n) is 4.42. The van der Waals surface area contributed by atoms with Crippen molar-refractivity contribution in [1.29, 1.82) is 0 Å². The molecule has 0 aromatic carbocycles. The summed E-state index contributed by atoms with van der Waals surface area (Å²) < 4.78 is 0. The number of nitrogens with zero attached hydrogens (tertiary/aromatic N) is 2. The van der Waals surface area contributed by atoms with Crippen molar-refractivity contribution in [3.63, 3.8) is 0 Å². The van der Waals surface area contributed by atoms with Crippen LogP contribution in [0.4, 0.5) is 0 Å². The van der Waals surface area contributed by atoms with Gasteiger partial charge in [-0.05, 0) is 39.3 Å². The van der Waals surface area contributed by atoms with Crippen LogP contribution < -0.4 is 11.1 Å². The highest BCUT2D eigenvalue weighted by Gasteiger charge is 2.27. The van der Waals surface area contributed by atoms with Gasteiger partial charge in [-0.25, -0.2) is 0 Å². The lowest BCUT2D eigenvalue weighted by atomic mass is 9.93. The van der Waals surface area contributed by atoms with Gasteiger partial charge in [0.15, 0.2) is 0 Å². The smallest absolute Gasteiger partial charge is 0.0110 e. The molecule has 0 spiro atoms. The summed E-state index contributed by atoms with van der Waals surface area (Å²) in [5.41, 5.74) is 6.38. The van der Waals surface area contributed by atoms with Gasteiger partial charge in [0, 0.05) is 44.8 Å². The van der Waals surface area contributed by atoms with Crippen LogP contribution in [0.25, 0.3) is 0 Å². The van der Waals surface area contributed by atoms with Crippen LogP contribution in [-0.4, -0.2) is 68.2 Å². The Bertz CT molecular complexity index is 219. The Morgan fingerprint density at radius 3 is 2.59 bits per heavy atom. The fourth-order valence-corrected chi connectivity index (χ4v) is 3.18. The maximum atomic E-state index is 6.38. The Balaban J connectivity index is 1.75. The van der Waals surface area contributed by atoms with Crippen molar-refractivity contribution in [3.05, 3.63) is 0 Å². The summed E-state index contributed by atoms with van der Waals surface area (Å²) in [5.74, 6) is 0.713. The minimum atomic E-state index is 0.379. The summed E-state index contributed by atoms with van der Waals surface area (Å²) in [5, 5.41) is 3.40. The zero-order valence-electron chi connectivity index (χ0n) is 11.4. The van der Waals surface area contributed by atoms with Gasteiger partial charge in [-0.1, -0.05) is 0 Å². The summed E-state index contributed by atoms with van der Waals surface area (Å²) in [6.45, 7) is 9.37. The molecular weight excluding hydrogens is 212 g/mol. The van der Waals surface area contributed by atoms with Crippen LogP contribution in [0.15, 0.2) is 0 Å². The molecule has 2 fully saturated rings. The van der Waals surface area contributed by atoms with E-state index >= 15 is 0 Å². The van der Waals surface area contributed by atoms with Crippen LogP contribution in [0.1, 0.15) is 19.8 Å². The lowest BCUT2D eigenvalue weighted by Gasteiger charge is -2.35. The van der Waals surface area contributed by atoms with Gasteiger partial charge in [0.2, 0.25) is 0 Å². The van der Waals surface area contributed by atoms with Gasteiger partial charge in [0.25, 0.3) is 0 Å². The molecule has 4 nitrogen and oxygen atoms in total. The van der Waals surface area contributed by atoms with E-state index in [1.165, 1.54) is 32.6 Å². The van der Waals surface area contributed by atoms with E-state index in [4.69, 9.17) is 5.73 Å². The van der Waals surface area contributed by atoms with E-state index in [0.717, 1.165) is 19.5 Å². The Kier molecular flexibility index (Phi) is 4.79. The molecule has 3 unspecified atom stereocenters. The minimum absolute atomic E-state index is 0.379. The maximum absolute atomic E-state index is 6.38. The molecule has 2 aliphatic rings. The molecule has 2 saturated heterocycles. The molecule has 0 aliphatic carbocycles. The van der Waals surface area contributed by atoms with E-state index in [0.29, 0.717) is 18.0 Å². The second-order valence-electron chi connectivity index (χ2n) is 5.85. The van der Waals surface area contributed by atoms with Gasteiger partial charge in [-0.15, -0.1) is 0 Å². The molecule has 0 aromatic heterocycles. The van der Waals surface area contributed by atoms with Crippen molar-refractivity contribution >= 4 is 0 Å². The van der Waals surface area contributed by atoms with E-state index in [2.05, 4.69) is 29.1 Å². The molecule has 2 heterocycles. The van der Waals surface area contributed by atoms with Crippen LogP contribution in [0.2, 0.25) is 0 Å². The fraction of sp³-hybridized carbons (Fsp3) is 1.00. The number of nitrogens with one attached hydrogen (secondary N) is 1. The molecule has 100 valence electrons. The van der Waals surface area contributed by atoms with Crippen LogP contribution in [0.3, 0.4) is 0 Å². The average Bonchev–Trinajstić information content (AvgIpc) is 2.77. The normalized spacial score (nSPS) is 31.6. The van der Waals surface area contributed by atoms with Crippen molar-refractivity contribution < 1.29 is 0 Å². The molecule has 0 bridgehead atoms. The number of rotatable bonds is 4. The van der Waals surface area contributed by atoms with Gasteiger partial charge < -0.3 is 16.0 Å². The second-order valence-corrected chi connectivity index (χ2v) is 5.85. The van der Waals surface area contributed by atoms with Crippen molar-refractivity contribution in [2.24, 2.45) is 11.7 Å². The molecule has 0 aromatic rings. The monoisotopic (exact) mass is 240 g/mol. The molecular formula is C13H28N4. The highest BCUT2D eigenvalue weighted by atomic mass is 15.2. The number of nitrogens with two attached hydrogens (primary N) is 1. The molecule has 17 heavy (non-hydrogen) atoms. The summed E-state index contributed by atoms with van der Waals surface area (Å²) in [4.78, 5) is 4.98. The van der Waals surface area contributed by atoms with Crippen molar-refractivity contribution in [3.8, 4) is 0 Å². The lowest BCUT2D eigenvalue weighted by Crippen LogP contribution is -2.49. The Hall–Kier alpha value is -0.160. The topological polar surface area (TPSA) is 44.5 Å². The molecule has 4 heteroatoms. The Morgan fingerprint density at radius 1 is 1.29 bits per heavy atom. The van der Waals surface area contributed by atoms with Gasteiger partial charge in [0.05, 0.1) is 0 Å². The molecule has 0 saturated carbocycles. The van der Waals surface area contributed by atoms with E-state index in [1.54, 1.807) is 0 Å². The molecule has 0 radical (unpaired) electrons.